The summed E-state index contributed by atoms with van der Waals surface area (Å²) in [7, 11) is 0. The van der Waals surface area contributed by atoms with Crippen LogP contribution in [0.2, 0.25) is 0 Å². The van der Waals surface area contributed by atoms with E-state index in [2.05, 4.69) is 46.3 Å². The van der Waals surface area contributed by atoms with Crippen molar-refractivity contribution >= 4 is 21.7 Å². The Bertz CT molecular complexity index is 1230. The number of hydrogen-bond acceptors (Lipinski definition) is 4. The molecule has 150 valence electrons. The second-order valence-corrected chi connectivity index (χ2v) is 9.41. The summed E-state index contributed by atoms with van der Waals surface area (Å²) in [4.78, 5) is 12.9. The van der Waals surface area contributed by atoms with E-state index in [1.165, 1.54) is 23.3 Å². The van der Waals surface area contributed by atoms with Crippen LogP contribution in [0.3, 0.4) is 0 Å². The third kappa shape index (κ3) is 3.04. The van der Waals surface area contributed by atoms with Crippen molar-refractivity contribution in [1.29, 1.82) is 0 Å². The average Bonchev–Trinajstić information content (AvgIpc) is 3.44. The van der Waals surface area contributed by atoms with Crippen molar-refractivity contribution < 1.29 is 4.39 Å². The molecule has 0 spiro atoms. The molecule has 2 fully saturated rings. The van der Waals surface area contributed by atoms with Crippen LogP contribution in [0.1, 0.15) is 36.1 Å². The van der Waals surface area contributed by atoms with Gasteiger partial charge < -0.3 is 0 Å². The van der Waals surface area contributed by atoms with E-state index in [-0.39, 0.29) is 11.2 Å². The molecule has 5 heteroatoms. The van der Waals surface area contributed by atoms with Crippen molar-refractivity contribution in [2.45, 2.75) is 31.2 Å². The molecule has 3 nitrogen and oxygen atoms in total. The first kappa shape index (κ1) is 18.2. The Morgan fingerprint density at radius 1 is 0.967 bits per heavy atom. The van der Waals surface area contributed by atoms with Crippen LogP contribution in [0.4, 0.5) is 4.39 Å². The van der Waals surface area contributed by atoms with Crippen LogP contribution in [0, 0.1) is 5.82 Å². The molecule has 1 aliphatic heterocycles. The summed E-state index contributed by atoms with van der Waals surface area (Å²) in [6.07, 6.45) is 3.48. The van der Waals surface area contributed by atoms with E-state index in [9.17, 15) is 4.39 Å². The molecule has 1 saturated carbocycles. The molecule has 0 N–H and O–H groups in total. The van der Waals surface area contributed by atoms with E-state index in [0.29, 0.717) is 10.6 Å². The minimum atomic E-state index is -0.199. The molecule has 0 amide bonds. The third-order valence-corrected chi connectivity index (χ3v) is 7.44. The standard InChI is InChI=1S/C25H22FN3S/c26-20-15-17(16-29-13-4-14-29)7-8-19(20)23-27-21-9-10-22(28-24(21)30-23)25(11-12-25)18-5-2-1-3-6-18/h1-3,5-10,15H,4,11-14,16H2. The third-order valence-electron chi connectivity index (χ3n) is 6.44. The van der Waals surface area contributed by atoms with E-state index in [4.69, 9.17) is 4.98 Å². The van der Waals surface area contributed by atoms with Crippen LogP contribution in [0.5, 0.6) is 0 Å². The first-order chi connectivity index (χ1) is 14.7. The second-order valence-electron chi connectivity index (χ2n) is 8.43. The number of fused-ring (bicyclic) bond motifs is 1. The number of hydrogen-bond donors (Lipinski definition) is 0. The number of benzene rings is 2. The Kier molecular flexibility index (Phi) is 4.22. The smallest absolute Gasteiger partial charge is 0.144 e. The van der Waals surface area contributed by atoms with E-state index < -0.39 is 0 Å². The van der Waals surface area contributed by atoms with Crippen molar-refractivity contribution in [2.24, 2.45) is 0 Å². The molecule has 2 aliphatic rings. The molecular weight excluding hydrogens is 393 g/mol. The van der Waals surface area contributed by atoms with Crippen molar-refractivity contribution in [2.75, 3.05) is 13.1 Å². The summed E-state index contributed by atoms with van der Waals surface area (Å²) in [5.74, 6) is -0.199. The Balaban J connectivity index is 1.33. The van der Waals surface area contributed by atoms with Gasteiger partial charge in [-0.25, -0.2) is 14.4 Å². The number of rotatable bonds is 5. The fourth-order valence-corrected chi connectivity index (χ4v) is 5.37. The molecule has 2 aromatic carbocycles. The van der Waals surface area contributed by atoms with E-state index >= 15 is 0 Å². The van der Waals surface area contributed by atoms with Crippen LogP contribution in [0.15, 0.2) is 60.7 Å². The Morgan fingerprint density at radius 2 is 1.80 bits per heavy atom. The van der Waals surface area contributed by atoms with E-state index in [1.54, 1.807) is 6.07 Å². The fourth-order valence-electron chi connectivity index (χ4n) is 4.40. The topological polar surface area (TPSA) is 29.0 Å². The molecule has 4 aromatic rings. The minimum absolute atomic E-state index is 0.0311. The summed E-state index contributed by atoms with van der Waals surface area (Å²) in [6, 6.07) is 20.3. The number of nitrogens with zero attached hydrogens (tertiary/aromatic N) is 3. The Morgan fingerprint density at radius 3 is 2.50 bits per heavy atom. The highest BCUT2D eigenvalue weighted by atomic mass is 32.1. The van der Waals surface area contributed by atoms with Crippen LogP contribution >= 0.6 is 11.3 Å². The van der Waals surface area contributed by atoms with E-state index in [0.717, 1.165) is 54.1 Å². The highest BCUT2D eigenvalue weighted by Crippen LogP contribution is 2.53. The van der Waals surface area contributed by atoms with Crippen LogP contribution in [-0.2, 0) is 12.0 Å². The summed E-state index contributed by atoms with van der Waals surface area (Å²) >= 11 is 1.48. The van der Waals surface area contributed by atoms with Gasteiger partial charge in [0.15, 0.2) is 0 Å². The highest BCUT2D eigenvalue weighted by Gasteiger charge is 2.47. The number of thiazole rings is 1. The zero-order chi connectivity index (χ0) is 20.1. The van der Waals surface area contributed by atoms with Gasteiger partial charge in [0.2, 0.25) is 0 Å². The van der Waals surface area contributed by atoms with Crippen molar-refractivity contribution in [3.63, 3.8) is 0 Å². The van der Waals surface area contributed by atoms with Crippen LogP contribution in [0.25, 0.3) is 20.9 Å². The number of pyridine rings is 1. The largest absolute Gasteiger partial charge is 0.299 e. The second kappa shape index (κ2) is 6.96. The highest BCUT2D eigenvalue weighted by molar-refractivity contribution is 7.21. The maximum atomic E-state index is 14.9. The predicted molar refractivity (Wildman–Crippen MR) is 119 cm³/mol. The number of halogens is 1. The summed E-state index contributed by atoms with van der Waals surface area (Å²) < 4.78 is 14.9. The maximum Gasteiger partial charge on any atom is 0.144 e. The molecule has 1 saturated heterocycles. The molecular formula is C25H22FN3S. The quantitative estimate of drug-likeness (QED) is 0.414. The van der Waals surface area contributed by atoms with Crippen molar-refractivity contribution in [1.82, 2.24) is 14.9 Å². The van der Waals surface area contributed by atoms with Crippen molar-refractivity contribution in [3.8, 4) is 10.6 Å². The molecule has 0 bridgehead atoms. The number of likely N-dealkylation sites (tertiary alicyclic amines) is 1. The van der Waals surface area contributed by atoms with Gasteiger partial charge >= 0.3 is 0 Å². The van der Waals surface area contributed by atoms with Crippen molar-refractivity contribution in [3.05, 3.63) is 83.3 Å². The summed E-state index contributed by atoms with van der Waals surface area (Å²) in [5.41, 5.74) is 4.88. The van der Waals surface area contributed by atoms with Gasteiger partial charge in [0, 0.05) is 17.5 Å². The van der Waals surface area contributed by atoms with Gasteiger partial charge in [-0.3, -0.25) is 4.90 Å². The Labute approximate surface area is 179 Å². The van der Waals surface area contributed by atoms with Gasteiger partial charge in [-0.05, 0) is 67.7 Å². The number of aromatic nitrogens is 2. The molecule has 3 heterocycles. The van der Waals surface area contributed by atoms with Gasteiger partial charge in [-0.15, -0.1) is 0 Å². The minimum Gasteiger partial charge on any atom is -0.299 e. The normalized spacial score (nSPS) is 17.8. The molecule has 6 rings (SSSR count). The van der Waals surface area contributed by atoms with Crippen LogP contribution < -0.4 is 0 Å². The summed E-state index contributed by atoms with van der Waals surface area (Å²) in [6.45, 7) is 3.04. The molecule has 30 heavy (non-hydrogen) atoms. The molecule has 0 unspecified atom stereocenters. The van der Waals surface area contributed by atoms with Gasteiger partial charge in [0.1, 0.15) is 21.2 Å². The van der Waals surface area contributed by atoms with Crippen LogP contribution in [-0.4, -0.2) is 28.0 Å². The van der Waals surface area contributed by atoms with Gasteiger partial charge in [-0.2, -0.15) is 0 Å². The first-order valence-electron chi connectivity index (χ1n) is 10.6. The zero-order valence-electron chi connectivity index (χ0n) is 16.6. The lowest BCUT2D eigenvalue weighted by Gasteiger charge is -2.30. The fraction of sp³-hybridized carbons (Fsp3) is 0.280. The summed E-state index contributed by atoms with van der Waals surface area (Å²) in [5, 5.41) is 0.701. The zero-order valence-corrected chi connectivity index (χ0v) is 17.5. The molecule has 0 atom stereocenters. The molecule has 1 aliphatic carbocycles. The lowest BCUT2D eigenvalue weighted by Crippen LogP contribution is -2.36. The SMILES string of the molecule is Fc1cc(CN2CCC2)ccc1-c1nc2ccc(C3(c4ccccc4)CC3)nc2s1. The Hall–Kier alpha value is -2.63. The lowest BCUT2D eigenvalue weighted by atomic mass is 9.92. The van der Waals surface area contributed by atoms with E-state index in [1.807, 2.05) is 18.2 Å². The lowest BCUT2D eigenvalue weighted by molar-refractivity contribution is 0.172. The maximum absolute atomic E-state index is 14.9. The van der Waals surface area contributed by atoms with Gasteiger partial charge in [0.05, 0.1) is 5.69 Å². The predicted octanol–water partition coefficient (Wildman–Crippen LogP) is 5.78. The van der Waals surface area contributed by atoms with Gasteiger partial charge in [0.25, 0.3) is 0 Å². The molecule has 0 radical (unpaired) electrons. The first-order valence-corrected chi connectivity index (χ1v) is 11.4. The average molecular weight is 416 g/mol. The molecule has 2 aromatic heterocycles. The van der Waals surface area contributed by atoms with Gasteiger partial charge in [-0.1, -0.05) is 47.7 Å². The monoisotopic (exact) mass is 415 g/mol.